The topological polar surface area (TPSA) is 70.3 Å². The van der Waals surface area contributed by atoms with Crippen molar-refractivity contribution in [2.24, 2.45) is 5.92 Å². The standard InChI is InChI=1S/C31H56BN3O2/c1-3-5-7-9-11-13-14-16-18-20-24-28(23-19-17-15-12-10-8-6-4-2)27-35-30-26-22-21-25-29(30)33-31(35)34-32(36)37/h21-22,25-26,28,36-37H,3-20,23-24,27H2,1-2H3,(H,33,34). The van der Waals surface area contributed by atoms with E-state index < -0.39 is 7.25 Å². The van der Waals surface area contributed by atoms with E-state index in [1.807, 2.05) is 18.2 Å². The van der Waals surface area contributed by atoms with E-state index in [-0.39, 0.29) is 0 Å². The van der Waals surface area contributed by atoms with Gasteiger partial charge in [-0.25, -0.2) is 4.98 Å². The van der Waals surface area contributed by atoms with E-state index in [4.69, 9.17) is 0 Å². The summed E-state index contributed by atoms with van der Waals surface area (Å²) in [6.45, 7) is 5.44. The molecule has 0 spiro atoms. The number of rotatable bonds is 24. The fourth-order valence-corrected chi connectivity index (χ4v) is 5.56. The molecule has 5 nitrogen and oxygen atoms in total. The molecule has 1 aromatic heterocycles. The largest absolute Gasteiger partial charge is 0.587 e. The van der Waals surface area contributed by atoms with Gasteiger partial charge in [0.05, 0.1) is 11.0 Å². The van der Waals surface area contributed by atoms with E-state index in [1.54, 1.807) is 0 Å². The molecule has 0 saturated carbocycles. The number of imidazole rings is 1. The summed E-state index contributed by atoms with van der Waals surface area (Å²) in [5.41, 5.74) is 1.96. The van der Waals surface area contributed by atoms with Crippen LogP contribution in [0.25, 0.3) is 11.0 Å². The number of nitrogens with zero attached hydrogens (tertiary/aromatic N) is 2. The quantitative estimate of drug-likeness (QED) is 0.0968. The second-order valence-electron chi connectivity index (χ2n) is 11.2. The summed E-state index contributed by atoms with van der Waals surface area (Å²) in [7, 11) is -1.61. The summed E-state index contributed by atoms with van der Waals surface area (Å²) in [4.78, 5) is 4.64. The highest BCUT2D eigenvalue weighted by Crippen LogP contribution is 2.26. The molecule has 0 saturated heterocycles. The molecule has 0 aliphatic heterocycles. The predicted molar refractivity (Wildman–Crippen MR) is 161 cm³/mol. The Morgan fingerprint density at radius 1 is 0.703 bits per heavy atom. The van der Waals surface area contributed by atoms with Crippen LogP contribution in [0.2, 0.25) is 0 Å². The van der Waals surface area contributed by atoms with Gasteiger partial charge in [0.25, 0.3) is 0 Å². The molecule has 2 aromatic rings. The SMILES string of the molecule is CCCCCCCCCCCCC(CCCCCCCCCC)Cn1c(NB(O)O)nc2ccccc21. The third-order valence-corrected chi connectivity index (χ3v) is 7.79. The third-order valence-electron chi connectivity index (χ3n) is 7.79. The molecule has 3 N–H and O–H groups in total. The molecular formula is C31H56BN3O2. The van der Waals surface area contributed by atoms with Gasteiger partial charge in [-0.1, -0.05) is 142 Å². The molecule has 1 atom stereocenters. The van der Waals surface area contributed by atoms with E-state index in [0.29, 0.717) is 11.9 Å². The smallest absolute Gasteiger partial charge is 0.408 e. The van der Waals surface area contributed by atoms with Gasteiger partial charge in [-0.3, -0.25) is 0 Å². The maximum Gasteiger partial charge on any atom is 0.587 e. The lowest BCUT2D eigenvalue weighted by atomic mass is 9.93. The van der Waals surface area contributed by atoms with Crippen LogP contribution in [0.4, 0.5) is 5.95 Å². The molecule has 1 heterocycles. The van der Waals surface area contributed by atoms with Gasteiger partial charge in [0.15, 0.2) is 5.95 Å². The lowest BCUT2D eigenvalue weighted by Gasteiger charge is -2.20. The number of para-hydroxylation sites is 2. The molecule has 210 valence electrons. The Morgan fingerprint density at radius 2 is 1.16 bits per heavy atom. The minimum Gasteiger partial charge on any atom is -0.408 e. The van der Waals surface area contributed by atoms with Crippen molar-refractivity contribution in [3.05, 3.63) is 24.3 Å². The number of hydrogen-bond donors (Lipinski definition) is 3. The molecule has 2 rings (SSSR count). The van der Waals surface area contributed by atoms with E-state index in [9.17, 15) is 10.0 Å². The summed E-state index contributed by atoms with van der Waals surface area (Å²) in [5, 5.41) is 21.9. The molecular weight excluding hydrogens is 457 g/mol. The van der Waals surface area contributed by atoms with Crippen LogP contribution in [-0.4, -0.2) is 26.9 Å². The Balaban J connectivity index is 1.85. The van der Waals surface area contributed by atoms with E-state index >= 15 is 0 Å². The first-order valence-electron chi connectivity index (χ1n) is 15.7. The van der Waals surface area contributed by atoms with Crippen molar-refractivity contribution >= 4 is 24.2 Å². The van der Waals surface area contributed by atoms with Crippen molar-refractivity contribution in [2.75, 3.05) is 5.23 Å². The van der Waals surface area contributed by atoms with Crippen LogP contribution in [-0.2, 0) is 6.54 Å². The van der Waals surface area contributed by atoms with E-state index in [0.717, 1.165) is 17.6 Å². The Bertz CT molecular complexity index is 811. The lowest BCUT2D eigenvalue weighted by molar-refractivity contribution is 0.361. The van der Waals surface area contributed by atoms with Gasteiger partial charge < -0.3 is 19.8 Å². The summed E-state index contributed by atoms with van der Waals surface area (Å²) in [6, 6.07) is 8.11. The number of fused-ring (bicyclic) bond motifs is 1. The predicted octanol–water partition coefficient (Wildman–Crippen LogP) is 8.88. The second kappa shape index (κ2) is 20.4. The first-order chi connectivity index (χ1) is 18.2. The number of benzene rings is 1. The van der Waals surface area contributed by atoms with Crippen LogP contribution < -0.4 is 5.23 Å². The highest BCUT2D eigenvalue weighted by molar-refractivity contribution is 6.45. The fraction of sp³-hybridized carbons (Fsp3) is 0.774. The summed E-state index contributed by atoms with van der Waals surface area (Å²) in [6.07, 6.45) is 26.9. The molecule has 6 heteroatoms. The summed E-state index contributed by atoms with van der Waals surface area (Å²) >= 11 is 0. The Morgan fingerprint density at radius 3 is 1.65 bits per heavy atom. The van der Waals surface area contributed by atoms with Crippen LogP contribution >= 0.6 is 0 Å². The first kappa shape index (κ1) is 31.7. The maximum atomic E-state index is 9.56. The van der Waals surface area contributed by atoms with Gasteiger partial charge in [-0.2, -0.15) is 0 Å². The van der Waals surface area contributed by atoms with Crippen LogP contribution in [0.15, 0.2) is 24.3 Å². The third kappa shape index (κ3) is 13.7. The van der Waals surface area contributed by atoms with Crippen LogP contribution in [0.1, 0.15) is 142 Å². The fourth-order valence-electron chi connectivity index (χ4n) is 5.56. The zero-order valence-electron chi connectivity index (χ0n) is 24.1. The number of nitrogens with one attached hydrogen (secondary N) is 1. The van der Waals surface area contributed by atoms with Crippen molar-refractivity contribution < 1.29 is 10.0 Å². The Kier molecular flexibility index (Phi) is 17.5. The van der Waals surface area contributed by atoms with Crippen LogP contribution in [0, 0.1) is 5.92 Å². The Hall–Kier alpha value is -1.53. The van der Waals surface area contributed by atoms with Crippen molar-refractivity contribution in [3.8, 4) is 0 Å². The molecule has 0 aliphatic carbocycles. The van der Waals surface area contributed by atoms with Gasteiger partial charge in [0.2, 0.25) is 0 Å². The highest BCUT2D eigenvalue weighted by atomic mass is 16.4. The normalized spacial score (nSPS) is 12.3. The number of anilines is 1. The number of unbranched alkanes of at least 4 members (excludes halogenated alkanes) is 16. The average molecular weight is 514 g/mol. The second-order valence-corrected chi connectivity index (χ2v) is 11.2. The molecule has 0 radical (unpaired) electrons. The van der Waals surface area contributed by atoms with Crippen molar-refractivity contribution in [1.29, 1.82) is 0 Å². The van der Waals surface area contributed by atoms with Crippen molar-refractivity contribution in [3.63, 3.8) is 0 Å². The molecule has 0 fully saturated rings. The zero-order valence-corrected chi connectivity index (χ0v) is 24.1. The first-order valence-corrected chi connectivity index (χ1v) is 15.7. The summed E-state index contributed by atoms with van der Waals surface area (Å²) in [5.74, 6) is 1.14. The van der Waals surface area contributed by atoms with Crippen molar-refractivity contribution in [1.82, 2.24) is 9.55 Å². The van der Waals surface area contributed by atoms with Gasteiger partial charge in [0, 0.05) is 6.54 Å². The van der Waals surface area contributed by atoms with Gasteiger partial charge >= 0.3 is 7.25 Å². The molecule has 37 heavy (non-hydrogen) atoms. The molecule has 1 unspecified atom stereocenters. The molecule has 1 aromatic carbocycles. The van der Waals surface area contributed by atoms with Crippen LogP contribution in [0.3, 0.4) is 0 Å². The number of aromatic nitrogens is 2. The van der Waals surface area contributed by atoms with Crippen LogP contribution in [0.5, 0.6) is 0 Å². The maximum absolute atomic E-state index is 9.56. The van der Waals surface area contributed by atoms with Gasteiger partial charge in [0.1, 0.15) is 0 Å². The van der Waals surface area contributed by atoms with Crippen molar-refractivity contribution in [2.45, 2.75) is 149 Å². The molecule has 0 aliphatic rings. The zero-order chi connectivity index (χ0) is 26.6. The van der Waals surface area contributed by atoms with E-state index in [2.05, 4.69) is 34.7 Å². The highest BCUT2D eigenvalue weighted by Gasteiger charge is 2.19. The minimum absolute atomic E-state index is 0.556. The average Bonchev–Trinajstić information content (AvgIpc) is 3.22. The minimum atomic E-state index is -1.61. The molecule has 0 amide bonds. The van der Waals surface area contributed by atoms with E-state index in [1.165, 1.54) is 128 Å². The Labute approximate surface area is 228 Å². The van der Waals surface area contributed by atoms with Gasteiger partial charge in [-0.05, 0) is 30.9 Å². The molecule has 0 bridgehead atoms. The monoisotopic (exact) mass is 513 g/mol. The van der Waals surface area contributed by atoms with Gasteiger partial charge in [-0.15, -0.1) is 0 Å². The number of hydrogen-bond acceptors (Lipinski definition) is 4. The lowest BCUT2D eigenvalue weighted by Crippen LogP contribution is -2.27. The summed E-state index contributed by atoms with van der Waals surface area (Å²) < 4.78 is 2.17.